The zero-order valence-electron chi connectivity index (χ0n) is 9.54. The van der Waals surface area contributed by atoms with Crippen molar-refractivity contribution in [2.45, 2.75) is 12.8 Å². The lowest BCUT2D eigenvalue weighted by molar-refractivity contribution is 0.0690. The molecule has 0 aromatic carbocycles. The van der Waals surface area contributed by atoms with E-state index >= 15 is 0 Å². The SMILES string of the molecule is O=C(O)c1ccc(N2CCC(CCO)C2)cn1. The van der Waals surface area contributed by atoms with Crippen LogP contribution in [0.15, 0.2) is 18.3 Å². The molecule has 5 heteroatoms. The van der Waals surface area contributed by atoms with E-state index in [0.717, 1.165) is 31.6 Å². The monoisotopic (exact) mass is 236 g/mol. The molecule has 1 aromatic heterocycles. The molecule has 1 aliphatic heterocycles. The Morgan fingerprint density at radius 2 is 2.35 bits per heavy atom. The molecule has 17 heavy (non-hydrogen) atoms. The van der Waals surface area contributed by atoms with E-state index in [0.29, 0.717) is 5.92 Å². The maximum absolute atomic E-state index is 10.7. The van der Waals surface area contributed by atoms with Crippen LogP contribution in [0.4, 0.5) is 5.69 Å². The minimum atomic E-state index is -1.00. The summed E-state index contributed by atoms with van der Waals surface area (Å²) in [6, 6.07) is 3.31. The molecule has 1 atom stereocenters. The van der Waals surface area contributed by atoms with Crippen LogP contribution in [0.1, 0.15) is 23.3 Å². The highest BCUT2D eigenvalue weighted by molar-refractivity contribution is 5.85. The molecule has 1 saturated heterocycles. The van der Waals surface area contributed by atoms with Crippen molar-refractivity contribution in [1.82, 2.24) is 4.98 Å². The van der Waals surface area contributed by atoms with E-state index in [9.17, 15) is 4.79 Å². The van der Waals surface area contributed by atoms with Crippen molar-refractivity contribution in [3.05, 3.63) is 24.0 Å². The lowest BCUT2D eigenvalue weighted by Crippen LogP contribution is -2.20. The van der Waals surface area contributed by atoms with Crippen LogP contribution in [0.3, 0.4) is 0 Å². The second-order valence-corrected chi connectivity index (χ2v) is 4.32. The summed E-state index contributed by atoms with van der Waals surface area (Å²) in [6.45, 7) is 2.09. The number of aliphatic hydroxyl groups is 1. The minimum Gasteiger partial charge on any atom is -0.477 e. The predicted octanol–water partition coefficient (Wildman–Crippen LogP) is 0.988. The first-order valence-corrected chi connectivity index (χ1v) is 5.76. The van der Waals surface area contributed by atoms with Crippen LogP contribution in [-0.4, -0.2) is 40.9 Å². The topological polar surface area (TPSA) is 73.7 Å². The van der Waals surface area contributed by atoms with E-state index in [2.05, 4.69) is 9.88 Å². The molecule has 2 rings (SSSR count). The second kappa shape index (κ2) is 5.14. The van der Waals surface area contributed by atoms with Gasteiger partial charge in [-0.15, -0.1) is 0 Å². The number of rotatable bonds is 4. The summed E-state index contributed by atoms with van der Waals surface area (Å²) in [5.41, 5.74) is 1.02. The number of anilines is 1. The first-order chi connectivity index (χ1) is 8.20. The highest BCUT2D eigenvalue weighted by Crippen LogP contribution is 2.24. The molecule has 1 aromatic rings. The Kier molecular flexibility index (Phi) is 3.58. The lowest BCUT2D eigenvalue weighted by Gasteiger charge is -2.18. The Hall–Kier alpha value is -1.62. The van der Waals surface area contributed by atoms with Crippen LogP contribution in [0, 0.1) is 5.92 Å². The number of hydrogen-bond donors (Lipinski definition) is 2. The van der Waals surface area contributed by atoms with Crippen LogP contribution in [0.5, 0.6) is 0 Å². The van der Waals surface area contributed by atoms with Gasteiger partial charge < -0.3 is 15.1 Å². The number of hydrogen-bond acceptors (Lipinski definition) is 4. The standard InChI is InChI=1S/C12H16N2O3/c15-6-4-9-3-5-14(8-9)10-1-2-11(12(16)17)13-7-10/h1-2,7,9,15H,3-6,8H2,(H,16,17). The Balaban J connectivity index is 2.01. The number of aromatic carboxylic acids is 1. The van der Waals surface area contributed by atoms with Gasteiger partial charge in [0.1, 0.15) is 5.69 Å². The molecule has 0 spiro atoms. The molecule has 1 unspecified atom stereocenters. The van der Waals surface area contributed by atoms with Crippen molar-refractivity contribution in [1.29, 1.82) is 0 Å². The van der Waals surface area contributed by atoms with Gasteiger partial charge in [-0.25, -0.2) is 9.78 Å². The summed E-state index contributed by atoms with van der Waals surface area (Å²) in [5, 5.41) is 17.6. The number of pyridine rings is 1. The fraction of sp³-hybridized carbons (Fsp3) is 0.500. The molecule has 92 valence electrons. The molecule has 5 nitrogen and oxygen atoms in total. The number of carboxylic acids is 1. The summed E-state index contributed by atoms with van der Waals surface area (Å²) < 4.78 is 0. The van der Waals surface area contributed by atoms with Crippen LogP contribution in [0.2, 0.25) is 0 Å². The quantitative estimate of drug-likeness (QED) is 0.815. The van der Waals surface area contributed by atoms with Gasteiger partial charge in [-0.2, -0.15) is 0 Å². The molecule has 0 aliphatic carbocycles. The summed E-state index contributed by atoms with van der Waals surface area (Å²) in [4.78, 5) is 16.7. The Bertz CT molecular complexity index is 391. The zero-order chi connectivity index (χ0) is 12.3. The van der Waals surface area contributed by atoms with Gasteiger partial charge in [0, 0.05) is 19.7 Å². The predicted molar refractivity (Wildman–Crippen MR) is 63.2 cm³/mol. The molecular weight excluding hydrogens is 220 g/mol. The third-order valence-corrected chi connectivity index (χ3v) is 3.16. The molecule has 0 saturated carbocycles. The van der Waals surface area contributed by atoms with Crippen molar-refractivity contribution in [3.63, 3.8) is 0 Å². The van der Waals surface area contributed by atoms with Crippen LogP contribution >= 0.6 is 0 Å². The van der Waals surface area contributed by atoms with Crippen LogP contribution < -0.4 is 4.90 Å². The van der Waals surface area contributed by atoms with Gasteiger partial charge in [0.2, 0.25) is 0 Å². The smallest absolute Gasteiger partial charge is 0.354 e. The largest absolute Gasteiger partial charge is 0.477 e. The molecular formula is C12H16N2O3. The van der Waals surface area contributed by atoms with E-state index in [4.69, 9.17) is 10.2 Å². The number of aliphatic hydroxyl groups excluding tert-OH is 1. The maximum Gasteiger partial charge on any atom is 0.354 e. The zero-order valence-corrected chi connectivity index (χ0v) is 9.54. The van der Waals surface area contributed by atoms with Crippen molar-refractivity contribution in [3.8, 4) is 0 Å². The number of aromatic nitrogens is 1. The first-order valence-electron chi connectivity index (χ1n) is 5.76. The van der Waals surface area contributed by atoms with E-state index < -0.39 is 5.97 Å². The molecule has 1 aliphatic rings. The molecule has 1 fully saturated rings. The molecule has 0 bridgehead atoms. The third-order valence-electron chi connectivity index (χ3n) is 3.16. The second-order valence-electron chi connectivity index (χ2n) is 4.32. The summed E-state index contributed by atoms with van der Waals surface area (Å²) in [5.74, 6) is -0.477. The summed E-state index contributed by atoms with van der Waals surface area (Å²) in [6.07, 6.45) is 3.50. The highest BCUT2D eigenvalue weighted by atomic mass is 16.4. The van der Waals surface area contributed by atoms with E-state index in [-0.39, 0.29) is 12.3 Å². The average Bonchev–Trinajstić information content (AvgIpc) is 2.78. The normalized spacial score (nSPS) is 19.6. The van der Waals surface area contributed by atoms with Gasteiger partial charge in [-0.1, -0.05) is 0 Å². The van der Waals surface area contributed by atoms with Crippen molar-refractivity contribution in [2.24, 2.45) is 5.92 Å². The molecule has 0 amide bonds. The maximum atomic E-state index is 10.7. The Morgan fingerprint density at radius 1 is 1.53 bits per heavy atom. The average molecular weight is 236 g/mol. The van der Waals surface area contributed by atoms with Crippen LogP contribution in [-0.2, 0) is 0 Å². The Labute approximate surface area is 99.7 Å². The van der Waals surface area contributed by atoms with E-state index in [1.54, 1.807) is 12.3 Å². The van der Waals surface area contributed by atoms with Crippen LogP contribution in [0.25, 0.3) is 0 Å². The highest BCUT2D eigenvalue weighted by Gasteiger charge is 2.22. The fourth-order valence-corrected chi connectivity index (χ4v) is 2.18. The lowest BCUT2D eigenvalue weighted by atomic mass is 10.1. The summed E-state index contributed by atoms with van der Waals surface area (Å²) in [7, 11) is 0. The van der Waals surface area contributed by atoms with E-state index in [1.165, 1.54) is 6.07 Å². The number of nitrogens with zero attached hydrogens (tertiary/aromatic N) is 2. The van der Waals surface area contributed by atoms with Crippen molar-refractivity contribution in [2.75, 3.05) is 24.6 Å². The summed E-state index contributed by atoms with van der Waals surface area (Å²) >= 11 is 0. The van der Waals surface area contributed by atoms with Gasteiger partial charge in [-0.3, -0.25) is 0 Å². The van der Waals surface area contributed by atoms with Gasteiger partial charge in [0.05, 0.1) is 11.9 Å². The van der Waals surface area contributed by atoms with Gasteiger partial charge in [0.25, 0.3) is 0 Å². The van der Waals surface area contributed by atoms with Gasteiger partial charge in [0.15, 0.2) is 0 Å². The molecule has 2 N–H and O–H groups in total. The van der Waals surface area contributed by atoms with Crippen molar-refractivity contribution < 1.29 is 15.0 Å². The number of carbonyl (C=O) groups is 1. The van der Waals surface area contributed by atoms with E-state index in [1.807, 2.05) is 0 Å². The Morgan fingerprint density at radius 3 is 2.94 bits per heavy atom. The molecule has 0 radical (unpaired) electrons. The van der Waals surface area contributed by atoms with Gasteiger partial charge >= 0.3 is 5.97 Å². The van der Waals surface area contributed by atoms with Crippen molar-refractivity contribution >= 4 is 11.7 Å². The fourth-order valence-electron chi connectivity index (χ4n) is 2.18. The number of carboxylic acid groups (broad SMARTS) is 1. The minimum absolute atomic E-state index is 0.0693. The first kappa shape index (κ1) is 11.9. The molecule has 2 heterocycles. The van der Waals surface area contributed by atoms with Gasteiger partial charge in [-0.05, 0) is 30.9 Å². The third kappa shape index (κ3) is 2.74.